The van der Waals surface area contributed by atoms with Gasteiger partial charge < -0.3 is 10.2 Å². The Morgan fingerprint density at radius 1 is 0.957 bits per heavy atom. The largest absolute Gasteiger partial charge is 0.504 e. The molecule has 0 atom stereocenters. The van der Waals surface area contributed by atoms with Crippen molar-refractivity contribution in [3.05, 3.63) is 76.8 Å². The van der Waals surface area contributed by atoms with Crippen LogP contribution in [0, 0.1) is 0 Å². The predicted octanol–water partition coefficient (Wildman–Crippen LogP) is 4.80. The van der Waals surface area contributed by atoms with Gasteiger partial charge in [-0.1, -0.05) is 54.1 Å². The fraction of sp³-hybridized carbons (Fsp3) is 0. The van der Waals surface area contributed by atoms with Crippen LogP contribution in [-0.4, -0.2) is 16.0 Å². The number of ketones is 1. The zero-order chi connectivity index (χ0) is 16.4. The minimum Gasteiger partial charge on any atom is -0.504 e. The maximum Gasteiger partial charge on any atom is 0.185 e. The van der Waals surface area contributed by atoms with E-state index in [0.29, 0.717) is 11.1 Å². The highest BCUT2D eigenvalue weighted by Crippen LogP contribution is 2.34. The monoisotopic (exact) mass is 324 g/mol. The third-order valence-corrected chi connectivity index (χ3v) is 3.81. The summed E-state index contributed by atoms with van der Waals surface area (Å²) in [6.45, 7) is 0. The van der Waals surface area contributed by atoms with Crippen LogP contribution in [0.4, 0.5) is 0 Å². The predicted molar refractivity (Wildman–Crippen MR) is 92.1 cm³/mol. The van der Waals surface area contributed by atoms with Crippen molar-refractivity contribution in [1.29, 1.82) is 0 Å². The maximum atomic E-state index is 12.3. The van der Waals surface area contributed by atoms with Gasteiger partial charge in [-0.25, -0.2) is 0 Å². The summed E-state index contributed by atoms with van der Waals surface area (Å²) in [5, 5.41) is 21.0. The van der Waals surface area contributed by atoms with Crippen molar-refractivity contribution in [2.24, 2.45) is 0 Å². The van der Waals surface area contributed by atoms with Gasteiger partial charge in [0.05, 0.1) is 5.02 Å². The van der Waals surface area contributed by atoms with Crippen molar-refractivity contribution in [3.63, 3.8) is 0 Å². The first-order valence-electron chi connectivity index (χ1n) is 6.97. The summed E-state index contributed by atoms with van der Waals surface area (Å²) in [5.41, 5.74) is 1.11. The second-order valence-corrected chi connectivity index (χ2v) is 5.54. The van der Waals surface area contributed by atoms with Crippen molar-refractivity contribution < 1.29 is 15.0 Å². The Hall–Kier alpha value is -2.78. The molecule has 0 aromatic heterocycles. The molecule has 3 aromatic rings. The van der Waals surface area contributed by atoms with Gasteiger partial charge >= 0.3 is 0 Å². The van der Waals surface area contributed by atoms with E-state index in [1.165, 1.54) is 18.2 Å². The average Bonchev–Trinajstić information content (AvgIpc) is 2.57. The van der Waals surface area contributed by atoms with Gasteiger partial charge in [0.1, 0.15) is 0 Å². The van der Waals surface area contributed by atoms with Gasteiger partial charge in [-0.15, -0.1) is 0 Å². The molecule has 3 aromatic carbocycles. The SMILES string of the molecule is O=C(/C=C/c1cc(O)c(O)c(Cl)c1)c1ccc2ccccc2c1. The smallest absolute Gasteiger partial charge is 0.185 e. The molecule has 4 heteroatoms. The van der Waals surface area contributed by atoms with Crippen LogP contribution < -0.4 is 0 Å². The lowest BCUT2D eigenvalue weighted by atomic mass is 10.0. The first-order chi connectivity index (χ1) is 11.0. The van der Waals surface area contributed by atoms with E-state index >= 15 is 0 Å². The lowest BCUT2D eigenvalue weighted by Gasteiger charge is -2.02. The van der Waals surface area contributed by atoms with E-state index in [1.807, 2.05) is 36.4 Å². The minimum absolute atomic E-state index is 0.0304. The van der Waals surface area contributed by atoms with E-state index in [4.69, 9.17) is 11.6 Å². The van der Waals surface area contributed by atoms with Crippen LogP contribution in [0.15, 0.2) is 60.7 Å². The van der Waals surface area contributed by atoms with Gasteiger partial charge in [0.2, 0.25) is 0 Å². The number of phenolic OH excluding ortho intramolecular Hbond substituents is 2. The number of allylic oxidation sites excluding steroid dienone is 1. The third kappa shape index (κ3) is 3.20. The second kappa shape index (κ2) is 6.15. The Bertz CT molecular complexity index is 906. The van der Waals surface area contributed by atoms with E-state index in [2.05, 4.69) is 0 Å². The highest BCUT2D eigenvalue weighted by Gasteiger charge is 2.07. The van der Waals surface area contributed by atoms with Gasteiger partial charge in [0.25, 0.3) is 0 Å². The fourth-order valence-electron chi connectivity index (χ4n) is 2.31. The van der Waals surface area contributed by atoms with Crippen molar-refractivity contribution >= 4 is 34.2 Å². The number of phenols is 2. The molecule has 23 heavy (non-hydrogen) atoms. The first-order valence-corrected chi connectivity index (χ1v) is 7.35. The molecule has 0 bridgehead atoms. The second-order valence-electron chi connectivity index (χ2n) is 5.13. The molecule has 2 N–H and O–H groups in total. The zero-order valence-electron chi connectivity index (χ0n) is 12.0. The van der Waals surface area contributed by atoms with Crippen LogP contribution in [0.1, 0.15) is 15.9 Å². The first kappa shape index (κ1) is 15.1. The molecule has 3 nitrogen and oxygen atoms in total. The molecule has 0 aliphatic carbocycles. The number of benzene rings is 3. The maximum absolute atomic E-state index is 12.3. The van der Waals surface area contributed by atoms with E-state index in [-0.39, 0.29) is 22.3 Å². The number of halogens is 1. The van der Waals surface area contributed by atoms with Crippen molar-refractivity contribution in [2.75, 3.05) is 0 Å². The summed E-state index contributed by atoms with van der Waals surface area (Å²) in [6.07, 6.45) is 2.95. The van der Waals surface area contributed by atoms with Crippen LogP contribution in [0.3, 0.4) is 0 Å². The highest BCUT2D eigenvalue weighted by atomic mass is 35.5. The van der Waals surface area contributed by atoms with Crippen molar-refractivity contribution in [1.82, 2.24) is 0 Å². The quantitative estimate of drug-likeness (QED) is 0.413. The summed E-state index contributed by atoms with van der Waals surface area (Å²) < 4.78 is 0. The fourth-order valence-corrected chi connectivity index (χ4v) is 2.53. The molecule has 0 radical (unpaired) electrons. The molecule has 0 fully saturated rings. The number of aromatic hydroxyl groups is 2. The molecule has 0 heterocycles. The lowest BCUT2D eigenvalue weighted by Crippen LogP contribution is -1.93. The zero-order valence-corrected chi connectivity index (χ0v) is 12.8. The molecular formula is C19H13ClO3. The Labute approximate surface area is 138 Å². The Balaban J connectivity index is 1.88. The topological polar surface area (TPSA) is 57.5 Å². The van der Waals surface area contributed by atoms with Crippen LogP contribution in [0.25, 0.3) is 16.8 Å². The number of carbonyl (C=O) groups is 1. The van der Waals surface area contributed by atoms with Crippen molar-refractivity contribution in [2.45, 2.75) is 0 Å². The van der Waals surface area contributed by atoms with Gasteiger partial charge in [0.15, 0.2) is 17.3 Å². The molecule has 0 saturated heterocycles. The molecule has 0 amide bonds. The van der Waals surface area contributed by atoms with Gasteiger partial charge in [0, 0.05) is 5.56 Å². The standard InChI is InChI=1S/C19H13ClO3/c20-16-9-12(10-18(22)19(16)23)5-8-17(21)15-7-6-13-3-1-2-4-14(13)11-15/h1-11,22-23H/b8-5+. The van der Waals surface area contributed by atoms with Gasteiger partial charge in [-0.3, -0.25) is 4.79 Å². The lowest BCUT2D eigenvalue weighted by molar-refractivity contribution is 0.104. The number of fused-ring (bicyclic) bond motifs is 1. The number of carbonyl (C=O) groups excluding carboxylic acids is 1. The van der Waals surface area contributed by atoms with E-state index < -0.39 is 0 Å². The summed E-state index contributed by atoms with van der Waals surface area (Å²) in [7, 11) is 0. The number of rotatable bonds is 3. The molecule has 3 rings (SSSR count). The van der Waals surface area contributed by atoms with Crippen LogP contribution in [0.2, 0.25) is 5.02 Å². The molecule has 0 aliphatic heterocycles. The van der Waals surface area contributed by atoms with Crippen LogP contribution in [-0.2, 0) is 0 Å². The number of hydrogen-bond donors (Lipinski definition) is 2. The van der Waals surface area contributed by atoms with E-state index in [1.54, 1.807) is 12.1 Å². The summed E-state index contributed by atoms with van der Waals surface area (Å²) in [6, 6.07) is 16.1. The normalized spacial score (nSPS) is 11.2. The molecule has 0 saturated carbocycles. The molecule has 114 valence electrons. The molecular weight excluding hydrogens is 312 g/mol. The van der Waals surface area contributed by atoms with E-state index in [0.717, 1.165) is 10.8 Å². The third-order valence-electron chi connectivity index (χ3n) is 3.53. The number of hydrogen-bond acceptors (Lipinski definition) is 3. The molecule has 0 aliphatic rings. The van der Waals surface area contributed by atoms with E-state index in [9.17, 15) is 15.0 Å². The molecule has 0 spiro atoms. The Morgan fingerprint density at radius 3 is 2.43 bits per heavy atom. The van der Waals surface area contributed by atoms with Gasteiger partial charge in [-0.2, -0.15) is 0 Å². The van der Waals surface area contributed by atoms with Crippen LogP contribution >= 0.6 is 11.6 Å². The molecule has 0 unspecified atom stereocenters. The summed E-state index contributed by atoms with van der Waals surface area (Å²) >= 11 is 5.79. The Kier molecular flexibility index (Phi) is 4.04. The Morgan fingerprint density at radius 2 is 1.70 bits per heavy atom. The van der Waals surface area contributed by atoms with Crippen LogP contribution in [0.5, 0.6) is 11.5 Å². The summed E-state index contributed by atoms with van der Waals surface area (Å²) in [4.78, 5) is 12.3. The highest BCUT2D eigenvalue weighted by molar-refractivity contribution is 6.32. The summed E-state index contributed by atoms with van der Waals surface area (Å²) in [5.74, 6) is -0.848. The minimum atomic E-state index is -0.371. The van der Waals surface area contributed by atoms with Crippen molar-refractivity contribution in [3.8, 4) is 11.5 Å². The van der Waals surface area contributed by atoms with Gasteiger partial charge in [-0.05, 0) is 40.6 Å². The average molecular weight is 325 g/mol.